The highest BCUT2D eigenvalue weighted by Gasteiger charge is 2.32. The summed E-state index contributed by atoms with van der Waals surface area (Å²) >= 11 is 0. The molecular formula is C16H20F3NO2. The minimum absolute atomic E-state index is 0.0900. The third-order valence-corrected chi connectivity index (χ3v) is 3.84. The van der Waals surface area contributed by atoms with Crippen LogP contribution in [0.25, 0.3) is 0 Å². The molecule has 0 heterocycles. The Morgan fingerprint density at radius 3 is 2.55 bits per heavy atom. The average molecular weight is 315 g/mol. The Hall–Kier alpha value is -1.72. The van der Waals surface area contributed by atoms with Gasteiger partial charge in [-0.2, -0.15) is 13.2 Å². The molecule has 1 N–H and O–H groups in total. The number of carbonyl (C=O) groups excluding carboxylic acids is 1. The van der Waals surface area contributed by atoms with E-state index in [0.717, 1.165) is 44.2 Å². The number of carbonyl (C=O) groups is 1. The van der Waals surface area contributed by atoms with E-state index in [9.17, 15) is 18.0 Å². The molecule has 1 aliphatic rings. The van der Waals surface area contributed by atoms with Gasteiger partial charge >= 0.3 is 6.18 Å². The van der Waals surface area contributed by atoms with E-state index in [1.54, 1.807) is 6.92 Å². The van der Waals surface area contributed by atoms with E-state index in [4.69, 9.17) is 4.74 Å². The van der Waals surface area contributed by atoms with Crippen molar-refractivity contribution in [3.05, 3.63) is 23.8 Å². The first kappa shape index (κ1) is 16.6. The smallest absolute Gasteiger partial charge is 0.416 e. The molecule has 1 amide bonds. The first-order chi connectivity index (χ1) is 10.4. The van der Waals surface area contributed by atoms with Crippen molar-refractivity contribution in [2.24, 2.45) is 5.92 Å². The van der Waals surface area contributed by atoms with Crippen LogP contribution in [0.2, 0.25) is 0 Å². The molecule has 6 heteroatoms. The lowest BCUT2D eigenvalue weighted by atomic mass is 9.88. The molecule has 0 unspecified atom stereocenters. The number of halogens is 3. The summed E-state index contributed by atoms with van der Waals surface area (Å²) in [5.74, 6) is -0.0857. The monoisotopic (exact) mass is 315 g/mol. The van der Waals surface area contributed by atoms with E-state index in [0.29, 0.717) is 6.61 Å². The van der Waals surface area contributed by atoms with Crippen LogP contribution in [-0.4, -0.2) is 12.5 Å². The zero-order chi connectivity index (χ0) is 16.2. The summed E-state index contributed by atoms with van der Waals surface area (Å²) in [6.07, 6.45) is 0.202. The van der Waals surface area contributed by atoms with Crippen LogP contribution < -0.4 is 10.1 Å². The van der Waals surface area contributed by atoms with Gasteiger partial charge < -0.3 is 10.1 Å². The molecular weight excluding hydrogens is 295 g/mol. The molecule has 0 aromatic heterocycles. The van der Waals surface area contributed by atoms with E-state index in [1.165, 1.54) is 6.07 Å². The molecule has 0 radical (unpaired) electrons. The van der Waals surface area contributed by atoms with Gasteiger partial charge in [0.05, 0.1) is 17.9 Å². The summed E-state index contributed by atoms with van der Waals surface area (Å²) < 4.78 is 43.8. The summed E-state index contributed by atoms with van der Waals surface area (Å²) in [7, 11) is 0. The molecule has 1 aromatic rings. The van der Waals surface area contributed by atoms with Crippen LogP contribution in [0.3, 0.4) is 0 Å². The van der Waals surface area contributed by atoms with Gasteiger partial charge in [0.2, 0.25) is 5.91 Å². The number of ether oxygens (including phenoxy) is 1. The van der Waals surface area contributed by atoms with Crippen molar-refractivity contribution < 1.29 is 22.7 Å². The molecule has 0 saturated heterocycles. The average Bonchev–Trinajstić information content (AvgIpc) is 2.49. The third kappa shape index (κ3) is 4.15. The first-order valence-electron chi connectivity index (χ1n) is 7.56. The van der Waals surface area contributed by atoms with E-state index in [2.05, 4.69) is 5.32 Å². The Morgan fingerprint density at radius 1 is 1.27 bits per heavy atom. The third-order valence-electron chi connectivity index (χ3n) is 3.84. The summed E-state index contributed by atoms with van der Waals surface area (Å²) in [4.78, 5) is 12.2. The number of alkyl halides is 3. The first-order valence-corrected chi connectivity index (χ1v) is 7.56. The maximum atomic E-state index is 12.8. The van der Waals surface area contributed by atoms with Crippen LogP contribution in [0.1, 0.15) is 44.6 Å². The van der Waals surface area contributed by atoms with Crippen molar-refractivity contribution in [1.29, 1.82) is 0 Å². The molecule has 0 spiro atoms. The Kier molecular flexibility index (Phi) is 5.32. The fourth-order valence-electron chi connectivity index (χ4n) is 2.68. The maximum Gasteiger partial charge on any atom is 0.416 e. The van der Waals surface area contributed by atoms with Crippen molar-refractivity contribution in [2.45, 2.75) is 45.2 Å². The van der Waals surface area contributed by atoms with E-state index >= 15 is 0 Å². The van der Waals surface area contributed by atoms with E-state index < -0.39 is 11.7 Å². The zero-order valence-electron chi connectivity index (χ0n) is 12.5. The number of amides is 1. The van der Waals surface area contributed by atoms with Gasteiger partial charge in [-0.15, -0.1) is 0 Å². The van der Waals surface area contributed by atoms with E-state index in [-0.39, 0.29) is 23.3 Å². The molecule has 1 fully saturated rings. The Morgan fingerprint density at radius 2 is 1.95 bits per heavy atom. The molecule has 0 aliphatic heterocycles. The van der Waals surface area contributed by atoms with Crippen molar-refractivity contribution in [2.75, 3.05) is 11.9 Å². The fraction of sp³-hybridized carbons (Fsp3) is 0.562. The Balaban J connectivity index is 2.20. The van der Waals surface area contributed by atoms with Crippen LogP contribution in [0.5, 0.6) is 5.75 Å². The highest BCUT2D eigenvalue weighted by Crippen LogP contribution is 2.35. The van der Waals surface area contributed by atoms with Gasteiger partial charge in [-0.25, -0.2) is 0 Å². The van der Waals surface area contributed by atoms with E-state index in [1.807, 2.05) is 0 Å². The predicted octanol–water partition coefficient (Wildman–Crippen LogP) is 4.62. The SMILES string of the molecule is CCOc1ccc(C(F)(F)F)cc1NC(=O)C1CCCCC1. The van der Waals surface area contributed by atoms with Gasteiger partial charge in [-0.1, -0.05) is 19.3 Å². The maximum absolute atomic E-state index is 12.8. The van der Waals surface area contributed by atoms with Crippen molar-refractivity contribution in [1.82, 2.24) is 0 Å². The number of hydrogen-bond donors (Lipinski definition) is 1. The molecule has 0 bridgehead atoms. The molecule has 1 aliphatic carbocycles. The van der Waals surface area contributed by atoms with Crippen LogP contribution in [0.4, 0.5) is 18.9 Å². The largest absolute Gasteiger partial charge is 0.492 e. The normalized spacial score (nSPS) is 16.4. The molecule has 1 saturated carbocycles. The predicted molar refractivity (Wildman–Crippen MR) is 77.8 cm³/mol. The second-order valence-corrected chi connectivity index (χ2v) is 5.47. The fourth-order valence-corrected chi connectivity index (χ4v) is 2.68. The summed E-state index contributed by atoms with van der Waals surface area (Å²) in [5, 5.41) is 2.61. The van der Waals surface area contributed by atoms with Crippen LogP contribution >= 0.6 is 0 Å². The Labute approximate surface area is 127 Å². The van der Waals surface area contributed by atoms with Gasteiger partial charge in [0.25, 0.3) is 0 Å². The van der Waals surface area contributed by atoms with Gasteiger partial charge in [0.1, 0.15) is 5.75 Å². The second kappa shape index (κ2) is 7.03. The van der Waals surface area contributed by atoms with Crippen molar-refractivity contribution in [3.8, 4) is 5.75 Å². The minimum atomic E-state index is -4.45. The van der Waals surface area contributed by atoms with Gasteiger partial charge in [-0.05, 0) is 38.0 Å². The second-order valence-electron chi connectivity index (χ2n) is 5.47. The van der Waals surface area contributed by atoms with Gasteiger partial charge in [0, 0.05) is 5.92 Å². The lowest BCUT2D eigenvalue weighted by Crippen LogP contribution is -2.25. The molecule has 122 valence electrons. The van der Waals surface area contributed by atoms with Crippen molar-refractivity contribution >= 4 is 11.6 Å². The molecule has 2 rings (SSSR count). The standard InChI is InChI=1S/C16H20F3NO2/c1-2-22-14-9-8-12(16(17,18)19)10-13(14)20-15(21)11-6-4-3-5-7-11/h8-11H,2-7H2,1H3,(H,20,21). The van der Waals surface area contributed by atoms with Crippen molar-refractivity contribution in [3.63, 3.8) is 0 Å². The molecule has 3 nitrogen and oxygen atoms in total. The number of anilines is 1. The quantitative estimate of drug-likeness (QED) is 0.880. The zero-order valence-corrected chi connectivity index (χ0v) is 12.5. The molecule has 22 heavy (non-hydrogen) atoms. The highest BCUT2D eigenvalue weighted by molar-refractivity contribution is 5.94. The minimum Gasteiger partial charge on any atom is -0.492 e. The number of nitrogens with one attached hydrogen (secondary N) is 1. The lowest BCUT2D eigenvalue weighted by Gasteiger charge is -2.22. The number of benzene rings is 1. The lowest BCUT2D eigenvalue weighted by molar-refractivity contribution is -0.137. The topological polar surface area (TPSA) is 38.3 Å². The molecule has 0 atom stereocenters. The highest BCUT2D eigenvalue weighted by atomic mass is 19.4. The number of rotatable bonds is 4. The summed E-state index contributed by atoms with van der Waals surface area (Å²) in [6.45, 7) is 2.06. The van der Waals surface area contributed by atoms with Crippen LogP contribution in [0, 0.1) is 5.92 Å². The summed E-state index contributed by atoms with van der Waals surface area (Å²) in [5.41, 5.74) is -0.706. The Bertz CT molecular complexity index is 523. The molecule has 1 aromatic carbocycles. The van der Waals surface area contributed by atoms with Crippen LogP contribution in [-0.2, 0) is 11.0 Å². The van der Waals surface area contributed by atoms with Gasteiger partial charge in [0.15, 0.2) is 0 Å². The summed E-state index contributed by atoms with van der Waals surface area (Å²) in [6, 6.07) is 3.15. The van der Waals surface area contributed by atoms with Gasteiger partial charge in [-0.3, -0.25) is 4.79 Å². The van der Waals surface area contributed by atoms with Crippen LogP contribution in [0.15, 0.2) is 18.2 Å². The number of hydrogen-bond acceptors (Lipinski definition) is 2.